The number of imidazole rings is 1. The number of benzene rings is 2. The molecule has 1 fully saturated rings. The number of halogens is 3. The number of aryl methyl sites for hydroxylation is 1. The number of alkyl halides is 3. The molecule has 1 aliphatic carbocycles. The molecule has 1 aromatic heterocycles. The van der Waals surface area contributed by atoms with Crippen LogP contribution in [0.2, 0.25) is 0 Å². The second-order valence-corrected chi connectivity index (χ2v) is 12.0. The van der Waals surface area contributed by atoms with Crippen LogP contribution in [0.1, 0.15) is 68.9 Å². The molecule has 0 saturated heterocycles. The number of fused-ring (bicyclic) bond motifs is 1. The fourth-order valence-corrected chi connectivity index (χ4v) is 6.23. The minimum Gasteiger partial charge on any atom is -0.406 e. The summed E-state index contributed by atoms with van der Waals surface area (Å²) in [4.78, 5) is 17.5. The third-order valence-electron chi connectivity index (χ3n) is 6.72. The molecule has 200 valence electrons. The number of rotatable bonds is 6. The van der Waals surface area contributed by atoms with E-state index >= 15 is 0 Å². The Labute approximate surface area is 219 Å². The van der Waals surface area contributed by atoms with Gasteiger partial charge in [-0.05, 0) is 79.0 Å². The summed E-state index contributed by atoms with van der Waals surface area (Å²) in [5.41, 5.74) is 3.80. The predicted molar refractivity (Wildman–Crippen MR) is 142 cm³/mol. The smallest absolute Gasteiger partial charge is 0.406 e. The second-order valence-electron chi connectivity index (χ2n) is 11.4. The van der Waals surface area contributed by atoms with Gasteiger partial charge in [0.15, 0.2) is 0 Å². The van der Waals surface area contributed by atoms with Crippen molar-refractivity contribution >= 4 is 40.5 Å². The van der Waals surface area contributed by atoms with Crippen LogP contribution in [0.5, 0.6) is 5.75 Å². The van der Waals surface area contributed by atoms with Gasteiger partial charge >= 0.3 is 6.36 Å². The van der Waals surface area contributed by atoms with Crippen molar-refractivity contribution in [2.24, 2.45) is 10.8 Å². The highest BCUT2D eigenvalue weighted by Crippen LogP contribution is 2.51. The van der Waals surface area contributed by atoms with Crippen molar-refractivity contribution in [1.29, 1.82) is 0 Å². The average molecular weight is 535 g/mol. The van der Waals surface area contributed by atoms with E-state index in [1.54, 1.807) is 12.3 Å². The lowest BCUT2D eigenvalue weighted by Crippen LogP contribution is -2.35. The minimum atomic E-state index is -4.75. The van der Waals surface area contributed by atoms with Gasteiger partial charge in [-0.2, -0.15) is 0 Å². The molecule has 37 heavy (non-hydrogen) atoms. The molecule has 6 nitrogen and oxygen atoms in total. The van der Waals surface area contributed by atoms with Crippen molar-refractivity contribution in [2.45, 2.75) is 66.3 Å². The first-order chi connectivity index (χ1) is 17.2. The van der Waals surface area contributed by atoms with Gasteiger partial charge in [-0.1, -0.05) is 39.6 Å². The molecular formula is C27H33F3N4O2S. The maximum atomic E-state index is 12.6. The van der Waals surface area contributed by atoms with Gasteiger partial charge in [0.25, 0.3) is 5.91 Å². The molecule has 2 aromatic carbocycles. The van der Waals surface area contributed by atoms with Gasteiger partial charge in [-0.25, -0.2) is 4.98 Å². The molecular weight excluding hydrogens is 501 g/mol. The predicted octanol–water partition coefficient (Wildman–Crippen LogP) is 7.77. The minimum absolute atomic E-state index is 0.115. The lowest BCUT2D eigenvalue weighted by atomic mass is 9.63. The summed E-state index contributed by atoms with van der Waals surface area (Å²) in [7, 11) is 0. The normalized spacial score (nSPS) is 17.5. The number of hydrogen-bond donors (Lipinski definition) is 2. The number of hydrogen-bond acceptors (Lipinski definition) is 5. The van der Waals surface area contributed by atoms with Gasteiger partial charge < -0.3 is 14.6 Å². The molecule has 3 aromatic rings. The Kier molecular flexibility index (Phi) is 7.18. The summed E-state index contributed by atoms with van der Waals surface area (Å²) in [5, 5.41) is 3.31. The van der Waals surface area contributed by atoms with Crippen molar-refractivity contribution in [3.05, 3.63) is 47.5 Å². The molecule has 1 heterocycles. The fourth-order valence-electron chi connectivity index (χ4n) is 5.94. The zero-order chi connectivity index (χ0) is 27.2. The molecule has 0 bridgehead atoms. The molecule has 4 rings (SSSR count). The summed E-state index contributed by atoms with van der Waals surface area (Å²) in [6.45, 7) is 11.0. The van der Waals surface area contributed by atoms with Crippen molar-refractivity contribution in [3.63, 3.8) is 0 Å². The quantitative estimate of drug-likeness (QED) is 0.316. The van der Waals surface area contributed by atoms with E-state index in [0.29, 0.717) is 22.7 Å². The molecule has 2 N–H and O–H groups in total. The number of amides is 1. The van der Waals surface area contributed by atoms with Gasteiger partial charge in [-0.3, -0.25) is 9.52 Å². The Balaban J connectivity index is 1.79. The SMILES string of the molecule is CSNC(=O)c1cc2nc(Nc3ccc(OC(F)(F)F)cc3)n(C3CC(C)(C)CC(C)(C)C3)c2cc1C. The Hall–Kier alpha value is -2.88. The topological polar surface area (TPSA) is 68.2 Å². The number of anilines is 2. The molecule has 0 atom stereocenters. The van der Waals surface area contributed by atoms with E-state index in [1.807, 2.05) is 13.0 Å². The van der Waals surface area contributed by atoms with E-state index in [2.05, 4.69) is 47.0 Å². The third kappa shape index (κ3) is 6.34. The molecule has 0 spiro atoms. The van der Waals surface area contributed by atoms with Crippen LogP contribution in [0.3, 0.4) is 0 Å². The zero-order valence-electron chi connectivity index (χ0n) is 21.9. The Morgan fingerprint density at radius 3 is 2.30 bits per heavy atom. The van der Waals surface area contributed by atoms with Crippen LogP contribution in [0.25, 0.3) is 11.0 Å². The van der Waals surface area contributed by atoms with Gasteiger partial charge in [0.2, 0.25) is 5.95 Å². The third-order valence-corrected chi connectivity index (χ3v) is 7.11. The lowest BCUT2D eigenvalue weighted by molar-refractivity contribution is -0.274. The monoisotopic (exact) mass is 534 g/mol. The molecule has 1 amide bonds. The highest BCUT2D eigenvalue weighted by atomic mass is 32.2. The second kappa shape index (κ2) is 9.78. The van der Waals surface area contributed by atoms with E-state index < -0.39 is 6.36 Å². The molecule has 0 aliphatic heterocycles. The number of ether oxygens (including phenoxy) is 1. The highest BCUT2D eigenvalue weighted by molar-refractivity contribution is 7.97. The Bertz CT molecular complexity index is 1280. The van der Waals surface area contributed by atoms with Gasteiger partial charge in [0.1, 0.15) is 5.75 Å². The molecule has 0 unspecified atom stereocenters. The summed E-state index contributed by atoms with van der Waals surface area (Å²) in [5.74, 6) is 0.110. The standard InChI is InChI=1S/C27H33F3N4O2S/c1-16-11-22-21(12-20(16)23(35)33-37-6)32-24(31-17-7-9-19(10-8-17)36-27(28,29)30)34(22)18-13-25(2,3)15-26(4,5)14-18/h7-12,18H,13-15H2,1-6H3,(H,31,32)(H,33,35). The summed E-state index contributed by atoms with van der Waals surface area (Å²) in [6.07, 6.45) is 0.0394. The van der Waals surface area contributed by atoms with Crippen LogP contribution < -0.4 is 14.8 Å². The first-order valence-electron chi connectivity index (χ1n) is 12.2. The number of aromatic nitrogens is 2. The Morgan fingerprint density at radius 2 is 1.73 bits per heavy atom. The number of nitrogens with zero attached hydrogens (tertiary/aromatic N) is 2. The molecule has 10 heteroatoms. The van der Waals surface area contributed by atoms with E-state index in [4.69, 9.17) is 4.98 Å². The summed E-state index contributed by atoms with van der Waals surface area (Å²) in [6, 6.07) is 9.54. The van der Waals surface area contributed by atoms with E-state index in [-0.39, 0.29) is 28.5 Å². The van der Waals surface area contributed by atoms with Crippen LogP contribution in [0.15, 0.2) is 36.4 Å². The number of carbonyl (C=O) groups is 1. The zero-order valence-corrected chi connectivity index (χ0v) is 22.7. The number of carbonyl (C=O) groups excluding carboxylic acids is 1. The molecule has 0 radical (unpaired) electrons. The first kappa shape index (κ1) is 27.2. The van der Waals surface area contributed by atoms with Crippen molar-refractivity contribution in [2.75, 3.05) is 11.6 Å². The van der Waals surface area contributed by atoms with E-state index in [9.17, 15) is 18.0 Å². The Morgan fingerprint density at radius 1 is 1.11 bits per heavy atom. The van der Waals surface area contributed by atoms with Crippen molar-refractivity contribution < 1.29 is 22.7 Å². The largest absolute Gasteiger partial charge is 0.573 e. The van der Waals surface area contributed by atoms with Crippen LogP contribution in [0.4, 0.5) is 24.8 Å². The molecule has 1 saturated carbocycles. The molecule has 1 aliphatic rings. The average Bonchev–Trinajstić information content (AvgIpc) is 3.08. The number of nitrogens with one attached hydrogen (secondary N) is 2. The van der Waals surface area contributed by atoms with E-state index in [0.717, 1.165) is 30.3 Å². The maximum absolute atomic E-state index is 12.6. The fraction of sp³-hybridized carbons (Fsp3) is 0.481. The summed E-state index contributed by atoms with van der Waals surface area (Å²) >= 11 is 1.24. The summed E-state index contributed by atoms with van der Waals surface area (Å²) < 4.78 is 46.7. The van der Waals surface area contributed by atoms with Crippen LogP contribution in [0, 0.1) is 17.8 Å². The van der Waals surface area contributed by atoms with Crippen molar-refractivity contribution in [3.8, 4) is 5.75 Å². The van der Waals surface area contributed by atoms with Crippen molar-refractivity contribution in [1.82, 2.24) is 14.3 Å². The van der Waals surface area contributed by atoms with E-state index in [1.165, 1.54) is 36.2 Å². The maximum Gasteiger partial charge on any atom is 0.573 e. The lowest BCUT2D eigenvalue weighted by Gasteiger charge is -2.45. The van der Waals surface area contributed by atoms with Crippen LogP contribution >= 0.6 is 11.9 Å². The highest BCUT2D eigenvalue weighted by Gasteiger charge is 2.40. The van der Waals surface area contributed by atoms with Gasteiger partial charge in [0.05, 0.1) is 11.0 Å². The van der Waals surface area contributed by atoms with Gasteiger partial charge in [0, 0.05) is 23.5 Å². The van der Waals surface area contributed by atoms with Crippen LogP contribution in [-0.4, -0.2) is 28.1 Å². The van der Waals surface area contributed by atoms with Gasteiger partial charge in [-0.15, -0.1) is 13.2 Å². The first-order valence-corrected chi connectivity index (χ1v) is 13.4. The van der Waals surface area contributed by atoms with Crippen LogP contribution in [-0.2, 0) is 0 Å².